The maximum atomic E-state index is 12.9. The number of nitrogens with zero attached hydrogens (tertiary/aromatic N) is 1. The van der Waals surface area contributed by atoms with E-state index in [4.69, 9.17) is 4.42 Å². The Bertz CT molecular complexity index is 674. The summed E-state index contributed by atoms with van der Waals surface area (Å²) in [5.74, 6) is 2.02. The van der Waals surface area contributed by atoms with Crippen LogP contribution in [0.1, 0.15) is 49.1 Å². The molecular weight excluding hydrogens is 286 g/mol. The average Bonchev–Trinajstić information content (AvgIpc) is 3.11. The van der Waals surface area contributed by atoms with E-state index in [1.54, 1.807) is 0 Å². The molecule has 0 unspecified atom stereocenters. The van der Waals surface area contributed by atoms with E-state index in [2.05, 4.69) is 4.90 Å². The van der Waals surface area contributed by atoms with Crippen LogP contribution in [-0.2, 0) is 0 Å². The highest BCUT2D eigenvalue weighted by molar-refractivity contribution is 5.92. The summed E-state index contributed by atoms with van der Waals surface area (Å²) in [7, 11) is 0. The Balaban J connectivity index is 1.56. The zero-order valence-corrected chi connectivity index (χ0v) is 13.4. The van der Waals surface area contributed by atoms with Crippen molar-refractivity contribution in [1.82, 2.24) is 4.90 Å². The van der Waals surface area contributed by atoms with Crippen molar-refractivity contribution in [3.05, 3.63) is 48.2 Å². The normalized spacial score (nSPS) is 24.3. The van der Waals surface area contributed by atoms with Crippen LogP contribution in [0.25, 0.3) is 11.3 Å². The van der Waals surface area contributed by atoms with Crippen LogP contribution in [0, 0.1) is 5.92 Å². The predicted octanol–water partition coefficient (Wildman–Crippen LogP) is 4.74. The van der Waals surface area contributed by atoms with Crippen LogP contribution in [0.4, 0.5) is 0 Å². The van der Waals surface area contributed by atoms with Crippen LogP contribution in [0.5, 0.6) is 0 Å². The van der Waals surface area contributed by atoms with Gasteiger partial charge in [0.05, 0.1) is 0 Å². The topological polar surface area (TPSA) is 33.5 Å². The van der Waals surface area contributed by atoms with Gasteiger partial charge in [-0.3, -0.25) is 4.79 Å². The van der Waals surface area contributed by atoms with Gasteiger partial charge in [0.2, 0.25) is 0 Å². The SMILES string of the molecule is O=C(c1ccc(-c2ccccc2)o1)N1CCC[C@@H]2CCCC[C@@H]21. The van der Waals surface area contributed by atoms with Gasteiger partial charge in [-0.1, -0.05) is 43.2 Å². The molecule has 1 aliphatic carbocycles. The van der Waals surface area contributed by atoms with Gasteiger partial charge in [-0.05, 0) is 43.7 Å². The molecule has 1 aliphatic heterocycles. The number of likely N-dealkylation sites (tertiary alicyclic amines) is 1. The first kappa shape index (κ1) is 14.6. The molecule has 2 atom stereocenters. The molecule has 2 aliphatic rings. The fourth-order valence-corrected chi connectivity index (χ4v) is 4.23. The second-order valence-corrected chi connectivity index (χ2v) is 6.78. The standard InChI is InChI=1S/C20H23NO2/c22-20(21-14-6-10-15-7-4-5-11-17(15)21)19-13-12-18(23-19)16-8-2-1-3-9-16/h1-3,8-9,12-13,15,17H,4-7,10-11,14H2/t15-,17-/m0/s1. The average molecular weight is 309 g/mol. The van der Waals surface area contributed by atoms with Crippen molar-refractivity contribution in [1.29, 1.82) is 0 Å². The summed E-state index contributed by atoms with van der Waals surface area (Å²) in [6.45, 7) is 0.876. The molecule has 1 saturated carbocycles. The van der Waals surface area contributed by atoms with E-state index < -0.39 is 0 Å². The Labute approximate surface area is 137 Å². The van der Waals surface area contributed by atoms with Gasteiger partial charge in [-0.2, -0.15) is 0 Å². The molecule has 1 saturated heterocycles. The van der Waals surface area contributed by atoms with Gasteiger partial charge >= 0.3 is 0 Å². The summed E-state index contributed by atoms with van der Waals surface area (Å²) < 4.78 is 5.87. The van der Waals surface area contributed by atoms with Crippen LogP contribution < -0.4 is 0 Å². The molecule has 2 aromatic rings. The van der Waals surface area contributed by atoms with Crippen LogP contribution >= 0.6 is 0 Å². The number of hydrogen-bond acceptors (Lipinski definition) is 2. The third kappa shape index (κ3) is 2.80. The van der Waals surface area contributed by atoms with Crippen molar-refractivity contribution >= 4 is 5.91 Å². The van der Waals surface area contributed by atoms with Crippen molar-refractivity contribution in [3.8, 4) is 11.3 Å². The van der Waals surface area contributed by atoms with Crippen LogP contribution in [0.2, 0.25) is 0 Å². The highest BCUT2D eigenvalue weighted by Crippen LogP contribution is 2.36. The molecule has 2 fully saturated rings. The monoisotopic (exact) mass is 309 g/mol. The number of piperidine rings is 1. The lowest BCUT2D eigenvalue weighted by Gasteiger charge is -2.43. The lowest BCUT2D eigenvalue weighted by atomic mass is 9.78. The van der Waals surface area contributed by atoms with E-state index in [1.165, 1.54) is 25.7 Å². The number of amides is 1. The van der Waals surface area contributed by atoms with Gasteiger partial charge in [-0.25, -0.2) is 0 Å². The van der Waals surface area contributed by atoms with Crippen LogP contribution in [0.15, 0.2) is 46.9 Å². The number of carbonyl (C=O) groups is 1. The minimum absolute atomic E-state index is 0.0729. The van der Waals surface area contributed by atoms with Gasteiger partial charge in [-0.15, -0.1) is 0 Å². The fourth-order valence-electron chi connectivity index (χ4n) is 4.23. The second kappa shape index (κ2) is 6.23. The quantitative estimate of drug-likeness (QED) is 0.802. The molecule has 1 amide bonds. The third-order valence-electron chi connectivity index (χ3n) is 5.38. The first-order valence-corrected chi connectivity index (χ1v) is 8.79. The summed E-state index contributed by atoms with van der Waals surface area (Å²) >= 11 is 0. The molecule has 3 heteroatoms. The van der Waals surface area contributed by atoms with Crippen molar-refractivity contribution in [2.45, 2.75) is 44.6 Å². The van der Waals surface area contributed by atoms with E-state index in [-0.39, 0.29) is 5.91 Å². The minimum atomic E-state index is 0.0729. The maximum absolute atomic E-state index is 12.9. The minimum Gasteiger partial charge on any atom is -0.451 e. The molecule has 0 spiro atoms. The molecule has 2 heterocycles. The molecule has 0 N–H and O–H groups in total. The predicted molar refractivity (Wildman–Crippen MR) is 90.2 cm³/mol. The van der Waals surface area contributed by atoms with Crippen molar-refractivity contribution in [3.63, 3.8) is 0 Å². The largest absolute Gasteiger partial charge is 0.451 e. The van der Waals surface area contributed by atoms with E-state index in [9.17, 15) is 4.79 Å². The van der Waals surface area contributed by atoms with Crippen LogP contribution in [0.3, 0.4) is 0 Å². The van der Waals surface area contributed by atoms with Gasteiger partial charge in [0.25, 0.3) is 5.91 Å². The zero-order valence-electron chi connectivity index (χ0n) is 13.4. The van der Waals surface area contributed by atoms with Gasteiger partial charge in [0.15, 0.2) is 5.76 Å². The molecule has 0 radical (unpaired) electrons. The lowest BCUT2D eigenvalue weighted by Crippen LogP contribution is -2.49. The Kier molecular flexibility index (Phi) is 3.94. The number of fused-ring (bicyclic) bond motifs is 1. The number of furan rings is 1. The summed E-state index contributed by atoms with van der Waals surface area (Å²) in [4.78, 5) is 15.0. The first-order valence-electron chi connectivity index (χ1n) is 8.79. The Hall–Kier alpha value is -2.03. The van der Waals surface area contributed by atoms with Gasteiger partial charge < -0.3 is 9.32 Å². The molecule has 1 aromatic heterocycles. The maximum Gasteiger partial charge on any atom is 0.289 e. The van der Waals surface area contributed by atoms with E-state index in [0.717, 1.165) is 30.7 Å². The zero-order chi connectivity index (χ0) is 15.6. The molecule has 1 aromatic carbocycles. The first-order chi connectivity index (χ1) is 11.3. The molecule has 23 heavy (non-hydrogen) atoms. The van der Waals surface area contributed by atoms with E-state index >= 15 is 0 Å². The summed E-state index contributed by atoms with van der Waals surface area (Å²) in [6.07, 6.45) is 7.41. The summed E-state index contributed by atoms with van der Waals surface area (Å²) in [5.41, 5.74) is 1.01. The van der Waals surface area contributed by atoms with Crippen molar-refractivity contribution in [2.24, 2.45) is 5.92 Å². The Morgan fingerprint density at radius 2 is 1.74 bits per heavy atom. The van der Waals surface area contributed by atoms with Crippen LogP contribution in [-0.4, -0.2) is 23.4 Å². The smallest absolute Gasteiger partial charge is 0.289 e. The van der Waals surface area contributed by atoms with Gasteiger partial charge in [0, 0.05) is 18.2 Å². The van der Waals surface area contributed by atoms with Gasteiger partial charge in [0.1, 0.15) is 5.76 Å². The molecule has 4 rings (SSSR count). The number of hydrogen-bond donors (Lipinski definition) is 0. The molecule has 3 nitrogen and oxygen atoms in total. The third-order valence-corrected chi connectivity index (χ3v) is 5.38. The number of benzene rings is 1. The molecule has 0 bridgehead atoms. The summed E-state index contributed by atoms with van der Waals surface area (Å²) in [6, 6.07) is 14.1. The highest BCUT2D eigenvalue weighted by atomic mass is 16.4. The van der Waals surface area contributed by atoms with E-state index in [1.807, 2.05) is 42.5 Å². The molecular formula is C20H23NO2. The highest BCUT2D eigenvalue weighted by Gasteiger charge is 2.36. The van der Waals surface area contributed by atoms with E-state index in [0.29, 0.717) is 17.7 Å². The molecule has 120 valence electrons. The lowest BCUT2D eigenvalue weighted by molar-refractivity contribution is 0.0363. The Morgan fingerprint density at radius 1 is 0.957 bits per heavy atom. The second-order valence-electron chi connectivity index (χ2n) is 6.78. The van der Waals surface area contributed by atoms with Crippen molar-refractivity contribution < 1.29 is 9.21 Å². The van der Waals surface area contributed by atoms with Crippen molar-refractivity contribution in [2.75, 3.05) is 6.54 Å². The Morgan fingerprint density at radius 3 is 2.61 bits per heavy atom. The summed E-state index contributed by atoms with van der Waals surface area (Å²) in [5, 5.41) is 0. The fraction of sp³-hybridized carbons (Fsp3) is 0.450. The number of carbonyl (C=O) groups excluding carboxylic acids is 1. The number of rotatable bonds is 2.